The van der Waals surface area contributed by atoms with E-state index in [2.05, 4.69) is 55.4 Å². The van der Waals surface area contributed by atoms with Crippen LogP contribution in [0, 0.1) is 16.2 Å². The Bertz CT molecular complexity index is 116. The van der Waals surface area contributed by atoms with E-state index >= 15 is 0 Å². The Morgan fingerprint density at radius 1 is 0.500 bits per heavy atom. The Morgan fingerprint density at radius 3 is 0.667 bits per heavy atom. The van der Waals surface area contributed by atoms with E-state index < -0.39 is 0 Å². The molecule has 0 bridgehead atoms. The summed E-state index contributed by atoms with van der Waals surface area (Å²) >= 11 is 0. The molecule has 1 heteroatoms. The van der Waals surface area contributed by atoms with Gasteiger partial charge in [-0.25, -0.2) is 0 Å². The summed E-state index contributed by atoms with van der Waals surface area (Å²) in [5.41, 5.74) is 1.14. The van der Waals surface area contributed by atoms with Crippen LogP contribution in [0.4, 0.5) is 0 Å². The Kier molecular flexibility index (Phi) is 4.07. The standard InChI is InChI=1S/C11H24.H2O/c1-9(2,3)11(7,8)10(4,5)6;/h1-8H3;1H2. The zero-order valence-corrected chi connectivity index (χ0v) is 10.0. The third-order valence-electron chi connectivity index (χ3n) is 3.75. The lowest BCUT2D eigenvalue weighted by atomic mass is 9.56. The highest BCUT2D eigenvalue weighted by atomic mass is 16.0. The third kappa shape index (κ3) is 2.48. The van der Waals surface area contributed by atoms with Gasteiger partial charge in [0.2, 0.25) is 0 Å². The Balaban J connectivity index is 0. The molecule has 0 aliphatic heterocycles. The van der Waals surface area contributed by atoms with Gasteiger partial charge in [-0.05, 0) is 16.2 Å². The van der Waals surface area contributed by atoms with Crippen molar-refractivity contribution >= 4 is 0 Å². The minimum Gasteiger partial charge on any atom is -0.412 e. The fourth-order valence-electron chi connectivity index (χ4n) is 1.12. The van der Waals surface area contributed by atoms with Crippen molar-refractivity contribution in [1.82, 2.24) is 0 Å². The Morgan fingerprint density at radius 2 is 0.667 bits per heavy atom. The second-order valence-corrected chi connectivity index (χ2v) is 6.12. The molecule has 0 fully saturated rings. The van der Waals surface area contributed by atoms with E-state index in [1.807, 2.05) is 0 Å². The average molecular weight is 174 g/mol. The first-order valence-electron chi connectivity index (χ1n) is 4.50. The molecule has 0 saturated heterocycles. The molecule has 0 aromatic carbocycles. The van der Waals surface area contributed by atoms with Crippen LogP contribution in [0.3, 0.4) is 0 Å². The van der Waals surface area contributed by atoms with Gasteiger partial charge in [0.1, 0.15) is 0 Å². The second kappa shape index (κ2) is 3.37. The van der Waals surface area contributed by atoms with Crippen LogP contribution in [0.15, 0.2) is 0 Å². The summed E-state index contributed by atoms with van der Waals surface area (Å²) in [7, 11) is 0. The number of hydrogen-bond donors (Lipinski definition) is 0. The van der Waals surface area contributed by atoms with E-state index in [0.29, 0.717) is 16.2 Å². The SMILES string of the molecule is CC(C)(C)C(C)(C)C(C)(C)C.O. The quantitative estimate of drug-likeness (QED) is 0.540. The average Bonchev–Trinajstić information content (AvgIpc) is 1.58. The topological polar surface area (TPSA) is 31.5 Å². The van der Waals surface area contributed by atoms with Crippen molar-refractivity contribution in [2.45, 2.75) is 55.4 Å². The summed E-state index contributed by atoms with van der Waals surface area (Å²) in [5, 5.41) is 0. The minimum absolute atomic E-state index is 0. The molecule has 0 rings (SSSR count). The van der Waals surface area contributed by atoms with E-state index in [-0.39, 0.29) is 5.48 Å². The van der Waals surface area contributed by atoms with Crippen LogP contribution < -0.4 is 0 Å². The molecular weight excluding hydrogens is 148 g/mol. The molecule has 0 heterocycles. The van der Waals surface area contributed by atoms with Gasteiger partial charge in [0, 0.05) is 0 Å². The van der Waals surface area contributed by atoms with Crippen LogP contribution in [0.25, 0.3) is 0 Å². The van der Waals surface area contributed by atoms with E-state index in [1.165, 1.54) is 0 Å². The maximum Gasteiger partial charge on any atom is -0.0257 e. The second-order valence-electron chi connectivity index (χ2n) is 6.12. The van der Waals surface area contributed by atoms with Gasteiger partial charge >= 0.3 is 0 Å². The summed E-state index contributed by atoms with van der Waals surface area (Å²) in [6, 6.07) is 0. The molecule has 12 heavy (non-hydrogen) atoms. The first-order valence-corrected chi connectivity index (χ1v) is 4.50. The molecule has 0 unspecified atom stereocenters. The first kappa shape index (κ1) is 14.5. The molecule has 0 aliphatic rings. The molecule has 0 spiro atoms. The molecule has 0 radical (unpaired) electrons. The smallest absolute Gasteiger partial charge is 0.0257 e. The van der Waals surface area contributed by atoms with Crippen LogP contribution >= 0.6 is 0 Å². The highest BCUT2D eigenvalue weighted by Crippen LogP contribution is 2.50. The van der Waals surface area contributed by atoms with Crippen molar-refractivity contribution in [1.29, 1.82) is 0 Å². The van der Waals surface area contributed by atoms with E-state index in [4.69, 9.17) is 0 Å². The van der Waals surface area contributed by atoms with Crippen LogP contribution in [-0.2, 0) is 0 Å². The van der Waals surface area contributed by atoms with Gasteiger partial charge < -0.3 is 5.48 Å². The highest BCUT2D eigenvalue weighted by molar-refractivity contribution is 4.91. The lowest BCUT2D eigenvalue weighted by molar-refractivity contribution is 0.00575. The largest absolute Gasteiger partial charge is 0.412 e. The molecule has 0 aromatic rings. The predicted octanol–water partition coefficient (Wildman–Crippen LogP) is 3.28. The summed E-state index contributed by atoms with van der Waals surface area (Å²) in [5.74, 6) is 0. The molecule has 2 N–H and O–H groups in total. The van der Waals surface area contributed by atoms with Crippen molar-refractivity contribution in [3.63, 3.8) is 0 Å². The summed E-state index contributed by atoms with van der Waals surface area (Å²) in [6.07, 6.45) is 0. The van der Waals surface area contributed by atoms with Gasteiger partial charge in [0.25, 0.3) is 0 Å². The van der Waals surface area contributed by atoms with Gasteiger partial charge in [-0.15, -0.1) is 0 Å². The monoisotopic (exact) mass is 174 g/mol. The first-order chi connectivity index (χ1) is 4.50. The number of hydrogen-bond acceptors (Lipinski definition) is 0. The van der Waals surface area contributed by atoms with Crippen LogP contribution in [0.2, 0.25) is 0 Å². The van der Waals surface area contributed by atoms with Crippen molar-refractivity contribution in [2.24, 2.45) is 16.2 Å². The number of rotatable bonds is 0. The Labute approximate surface area is 77.9 Å². The zero-order valence-electron chi connectivity index (χ0n) is 10.0. The maximum atomic E-state index is 2.35. The predicted molar refractivity (Wildman–Crippen MR) is 56.3 cm³/mol. The maximum absolute atomic E-state index is 2.35. The van der Waals surface area contributed by atoms with E-state index in [9.17, 15) is 0 Å². The minimum atomic E-state index is 0. The van der Waals surface area contributed by atoms with Gasteiger partial charge in [-0.2, -0.15) is 0 Å². The van der Waals surface area contributed by atoms with Crippen molar-refractivity contribution < 1.29 is 5.48 Å². The van der Waals surface area contributed by atoms with Crippen LogP contribution in [-0.4, -0.2) is 5.48 Å². The molecule has 0 aromatic heterocycles. The Hall–Kier alpha value is -0.0400. The molecule has 0 amide bonds. The molecular formula is C11H26O. The van der Waals surface area contributed by atoms with E-state index in [1.54, 1.807) is 0 Å². The summed E-state index contributed by atoms with van der Waals surface area (Å²) in [4.78, 5) is 0. The normalized spacial score (nSPS) is 14.0. The molecule has 0 atom stereocenters. The van der Waals surface area contributed by atoms with Gasteiger partial charge in [-0.1, -0.05) is 55.4 Å². The van der Waals surface area contributed by atoms with Gasteiger partial charge in [0.05, 0.1) is 0 Å². The van der Waals surface area contributed by atoms with Crippen molar-refractivity contribution in [3.8, 4) is 0 Å². The molecule has 0 aliphatic carbocycles. The van der Waals surface area contributed by atoms with Crippen molar-refractivity contribution in [2.75, 3.05) is 0 Å². The van der Waals surface area contributed by atoms with Gasteiger partial charge in [0.15, 0.2) is 0 Å². The molecule has 1 nitrogen and oxygen atoms in total. The van der Waals surface area contributed by atoms with E-state index in [0.717, 1.165) is 0 Å². The van der Waals surface area contributed by atoms with Gasteiger partial charge in [-0.3, -0.25) is 0 Å². The van der Waals surface area contributed by atoms with Crippen LogP contribution in [0.5, 0.6) is 0 Å². The molecule has 76 valence electrons. The fraction of sp³-hybridized carbons (Fsp3) is 1.00. The summed E-state index contributed by atoms with van der Waals surface area (Å²) < 4.78 is 0. The lowest BCUT2D eigenvalue weighted by Gasteiger charge is -2.49. The molecule has 0 saturated carbocycles. The third-order valence-corrected chi connectivity index (χ3v) is 3.75. The highest BCUT2D eigenvalue weighted by Gasteiger charge is 2.42. The fourth-order valence-corrected chi connectivity index (χ4v) is 1.12. The summed E-state index contributed by atoms with van der Waals surface area (Å²) in [6.45, 7) is 18.6. The lowest BCUT2D eigenvalue weighted by Crippen LogP contribution is -2.41. The zero-order chi connectivity index (χ0) is 9.50. The van der Waals surface area contributed by atoms with Crippen LogP contribution in [0.1, 0.15) is 55.4 Å². The van der Waals surface area contributed by atoms with Crippen molar-refractivity contribution in [3.05, 3.63) is 0 Å².